The van der Waals surface area contributed by atoms with Crippen molar-refractivity contribution >= 4 is 75.4 Å². The predicted molar refractivity (Wildman–Crippen MR) is 154 cm³/mol. The number of anilines is 2. The summed E-state index contributed by atoms with van der Waals surface area (Å²) in [5.74, 6) is -3.27. The van der Waals surface area contributed by atoms with Gasteiger partial charge in [0.25, 0.3) is 0 Å². The molecule has 1 fully saturated rings. The maximum atomic E-state index is 13.8. The third-order valence-corrected chi connectivity index (χ3v) is 9.90. The molecule has 40 heavy (non-hydrogen) atoms. The van der Waals surface area contributed by atoms with Crippen molar-refractivity contribution in [3.8, 4) is 0 Å². The number of nitrogens with zero attached hydrogens (tertiary/aromatic N) is 2. The predicted octanol–water partition coefficient (Wildman–Crippen LogP) is 5.79. The molecule has 0 aliphatic carbocycles. The number of thiazole rings is 1. The van der Waals surface area contributed by atoms with Crippen molar-refractivity contribution in [1.29, 1.82) is 0 Å². The van der Waals surface area contributed by atoms with Crippen molar-refractivity contribution in [3.63, 3.8) is 0 Å². The topological polar surface area (TPSA) is 88.5 Å². The van der Waals surface area contributed by atoms with Crippen LogP contribution in [0.25, 0.3) is 0 Å². The number of aromatic nitrogens is 1. The standard InChI is InChI=1S/C28H18Cl2FN3O4S2/c29-15-3-9-18(10-4-15)32-20(35)13-33-27-24(40-28(33)38)21(14-1-7-17(31)8-2-14)22-23(39-27)26(37)34(25(22)36)19-11-5-16(30)6-12-19/h1-12,21-23H,13H2,(H,32,35)/t21-,22?,23?/m1/s1. The van der Waals surface area contributed by atoms with E-state index in [-0.39, 0.29) is 6.54 Å². The number of halogens is 3. The lowest BCUT2D eigenvalue weighted by Crippen LogP contribution is -2.33. The second kappa shape index (κ2) is 10.5. The minimum absolute atomic E-state index is 0.295. The number of hydrogen-bond donors (Lipinski definition) is 1. The lowest BCUT2D eigenvalue weighted by atomic mass is 9.83. The van der Waals surface area contributed by atoms with Gasteiger partial charge in [0, 0.05) is 26.5 Å². The molecule has 1 saturated heterocycles. The van der Waals surface area contributed by atoms with Crippen LogP contribution in [0, 0.1) is 11.7 Å². The minimum Gasteiger partial charge on any atom is -0.325 e. The normalized spacial score (nSPS) is 19.9. The van der Waals surface area contributed by atoms with Crippen molar-refractivity contribution in [2.24, 2.45) is 5.92 Å². The fourth-order valence-corrected chi connectivity index (χ4v) is 8.03. The highest BCUT2D eigenvalue weighted by molar-refractivity contribution is 8.00. The number of thioether (sulfide) groups is 1. The first-order valence-electron chi connectivity index (χ1n) is 12.1. The van der Waals surface area contributed by atoms with Gasteiger partial charge in [0.15, 0.2) is 0 Å². The van der Waals surface area contributed by atoms with Gasteiger partial charge in [-0.05, 0) is 66.2 Å². The Morgan fingerprint density at radius 2 is 1.50 bits per heavy atom. The van der Waals surface area contributed by atoms with E-state index < -0.39 is 45.5 Å². The van der Waals surface area contributed by atoms with Gasteiger partial charge >= 0.3 is 4.87 Å². The van der Waals surface area contributed by atoms with Crippen LogP contribution in [0.5, 0.6) is 0 Å². The molecule has 3 atom stereocenters. The van der Waals surface area contributed by atoms with E-state index in [4.69, 9.17) is 23.2 Å². The Balaban J connectivity index is 1.40. The molecule has 7 nitrogen and oxygen atoms in total. The summed E-state index contributed by atoms with van der Waals surface area (Å²) in [6.07, 6.45) is 0. The van der Waals surface area contributed by atoms with Crippen LogP contribution in [0.15, 0.2) is 82.6 Å². The molecule has 12 heteroatoms. The summed E-state index contributed by atoms with van der Waals surface area (Å²) in [6, 6.07) is 18.6. The highest BCUT2D eigenvalue weighted by Gasteiger charge is 2.56. The zero-order valence-electron chi connectivity index (χ0n) is 20.3. The smallest absolute Gasteiger partial charge is 0.308 e. The van der Waals surface area contributed by atoms with Gasteiger partial charge in [-0.15, -0.1) is 0 Å². The zero-order chi connectivity index (χ0) is 28.1. The molecule has 4 aromatic rings. The number of hydrogen-bond acceptors (Lipinski definition) is 6. The molecule has 3 heterocycles. The number of amides is 3. The zero-order valence-corrected chi connectivity index (χ0v) is 23.5. The minimum atomic E-state index is -0.856. The molecule has 6 rings (SSSR count). The number of benzene rings is 3. The van der Waals surface area contributed by atoms with Gasteiger partial charge in [-0.1, -0.05) is 58.4 Å². The number of carbonyl (C=O) groups excluding carboxylic acids is 3. The summed E-state index contributed by atoms with van der Waals surface area (Å²) in [5, 5.41) is 3.30. The van der Waals surface area contributed by atoms with Gasteiger partial charge in [-0.25, -0.2) is 9.29 Å². The van der Waals surface area contributed by atoms with Gasteiger partial charge in [-0.3, -0.25) is 23.7 Å². The van der Waals surface area contributed by atoms with Crippen LogP contribution in [0.3, 0.4) is 0 Å². The molecule has 202 valence electrons. The van der Waals surface area contributed by atoms with Crippen LogP contribution < -0.4 is 15.1 Å². The number of imide groups is 1. The highest BCUT2D eigenvalue weighted by atomic mass is 35.5. The molecular formula is C28H18Cl2FN3O4S2. The van der Waals surface area contributed by atoms with Gasteiger partial charge in [0.2, 0.25) is 17.7 Å². The first-order chi connectivity index (χ1) is 19.2. The fraction of sp³-hybridized carbons (Fsp3) is 0.143. The molecule has 2 aliphatic rings. The SMILES string of the molecule is O=C(Cn1c2c(sc1=O)[C@H](c1ccc(F)cc1)C1C(=O)N(c3ccc(Cl)cc3)C(=O)C1S2)Nc1ccc(Cl)cc1. The van der Waals surface area contributed by atoms with Crippen molar-refractivity contribution in [1.82, 2.24) is 4.57 Å². The Kier molecular flexibility index (Phi) is 7.03. The third-order valence-electron chi connectivity index (χ3n) is 6.79. The van der Waals surface area contributed by atoms with Gasteiger partial charge in [0.05, 0.1) is 16.6 Å². The van der Waals surface area contributed by atoms with Crippen LogP contribution in [0.1, 0.15) is 16.4 Å². The number of rotatable bonds is 5. The average molecular weight is 615 g/mol. The van der Waals surface area contributed by atoms with E-state index in [1.54, 1.807) is 60.7 Å². The third kappa shape index (κ3) is 4.75. The highest BCUT2D eigenvalue weighted by Crippen LogP contribution is 2.53. The monoisotopic (exact) mass is 613 g/mol. The molecule has 2 unspecified atom stereocenters. The molecule has 3 amide bonds. The van der Waals surface area contributed by atoms with Gasteiger partial charge < -0.3 is 5.32 Å². The Labute approximate surface area is 245 Å². The molecule has 1 aromatic heterocycles. The summed E-state index contributed by atoms with van der Waals surface area (Å²) < 4.78 is 15.2. The summed E-state index contributed by atoms with van der Waals surface area (Å²) in [4.78, 5) is 54.9. The first kappa shape index (κ1) is 26.8. The molecule has 3 aromatic carbocycles. The lowest BCUT2D eigenvalue weighted by Gasteiger charge is -2.30. The molecule has 2 aliphatic heterocycles. The molecule has 0 spiro atoms. The van der Waals surface area contributed by atoms with E-state index in [2.05, 4.69) is 5.32 Å². The quantitative estimate of drug-likeness (QED) is 0.288. The lowest BCUT2D eigenvalue weighted by molar-refractivity contribution is -0.122. The average Bonchev–Trinajstić information content (AvgIpc) is 3.37. The van der Waals surface area contributed by atoms with E-state index >= 15 is 0 Å². The van der Waals surface area contributed by atoms with E-state index in [1.165, 1.54) is 16.7 Å². The van der Waals surface area contributed by atoms with E-state index in [0.717, 1.165) is 28.0 Å². The van der Waals surface area contributed by atoms with Crippen LogP contribution >= 0.6 is 46.3 Å². The second-order valence-electron chi connectivity index (χ2n) is 9.26. The molecular weight excluding hydrogens is 596 g/mol. The van der Waals surface area contributed by atoms with Crippen molar-refractivity contribution in [2.75, 3.05) is 10.2 Å². The van der Waals surface area contributed by atoms with Crippen LogP contribution in [0.2, 0.25) is 10.0 Å². The number of fused-ring (bicyclic) bond motifs is 2. The Morgan fingerprint density at radius 1 is 0.875 bits per heavy atom. The van der Waals surface area contributed by atoms with Crippen LogP contribution in [-0.4, -0.2) is 27.5 Å². The number of nitrogens with one attached hydrogen (secondary N) is 1. The van der Waals surface area contributed by atoms with Crippen molar-refractivity contribution in [3.05, 3.63) is 109 Å². The van der Waals surface area contributed by atoms with Gasteiger partial charge in [0.1, 0.15) is 17.6 Å². The Bertz CT molecular complexity index is 1710. The summed E-state index contributed by atoms with van der Waals surface area (Å²) in [6.45, 7) is -0.295. The van der Waals surface area contributed by atoms with Crippen LogP contribution in [0.4, 0.5) is 15.8 Å². The van der Waals surface area contributed by atoms with E-state index in [0.29, 0.717) is 36.9 Å². The van der Waals surface area contributed by atoms with E-state index in [1.807, 2.05) is 0 Å². The van der Waals surface area contributed by atoms with E-state index in [9.17, 15) is 23.6 Å². The van der Waals surface area contributed by atoms with Gasteiger partial charge in [-0.2, -0.15) is 0 Å². The first-order valence-corrected chi connectivity index (χ1v) is 14.5. The summed E-state index contributed by atoms with van der Waals surface area (Å²) in [7, 11) is 0. The largest absolute Gasteiger partial charge is 0.325 e. The summed E-state index contributed by atoms with van der Waals surface area (Å²) in [5.41, 5.74) is 1.49. The Morgan fingerprint density at radius 3 is 2.15 bits per heavy atom. The summed E-state index contributed by atoms with van der Waals surface area (Å²) >= 11 is 14.0. The molecule has 0 saturated carbocycles. The maximum Gasteiger partial charge on any atom is 0.308 e. The fourth-order valence-electron chi connectivity index (χ4n) is 5.01. The Hall–Kier alpha value is -3.44. The second-order valence-corrected chi connectivity index (χ2v) is 12.3. The molecule has 0 radical (unpaired) electrons. The number of carbonyl (C=O) groups is 3. The van der Waals surface area contributed by atoms with Crippen LogP contribution in [-0.2, 0) is 20.9 Å². The molecule has 1 N–H and O–H groups in total. The van der Waals surface area contributed by atoms with Crippen molar-refractivity contribution < 1.29 is 18.8 Å². The maximum absolute atomic E-state index is 13.8. The molecule has 0 bridgehead atoms. The van der Waals surface area contributed by atoms with Crippen molar-refractivity contribution in [2.45, 2.75) is 22.7 Å².